The molecule has 1 unspecified atom stereocenters. The summed E-state index contributed by atoms with van der Waals surface area (Å²) in [5.74, 6) is 1.12. The van der Waals surface area contributed by atoms with Crippen LogP contribution in [0.4, 0.5) is 15.1 Å². The van der Waals surface area contributed by atoms with E-state index in [9.17, 15) is 14.0 Å². The number of carbonyl (C=O) groups is 1. The lowest BCUT2D eigenvalue weighted by molar-refractivity contribution is 0.0843. The number of para-hydroxylation sites is 1. The number of halogens is 1. The fraction of sp³-hybridized carbons (Fsp3) is 0.357. The molecule has 7 rings (SSSR count). The third-order valence-electron chi connectivity index (χ3n) is 7.93. The Morgan fingerprint density at radius 3 is 2.69 bits per heavy atom. The van der Waals surface area contributed by atoms with Crippen molar-refractivity contribution in [2.75, 3.05) is 31.1 Å². The van der Waals surface area contributed by atoms with Crippen LogP contribution in [0.5, 0.6) is 5.75 Å². The van der Waals surface area contributed by atoms with E-state index in [0.717, 1.165) is 22.2 Å². The molecule has 5 heterocycles. The number of hydrogen-bond acceptors (Lipinski definition) is 6. The summed E-state index contributed by atoms with van der Waals surface area (Å²) in [6, 6.07) is 13.2. The largest absolute Gasteiger partial charge is 0.460 e. The van der Waals surface area contributed by atoms with Crippen LogP contribution in [0.15, 0.2) is 59.7 Å². The fourth-order valence-electron chi connectivity index (χ4n) is 6.11. The SMILES string of the molecule is CC(F)Oc1ccccc1[C@@H]1CCn2c(=O)c3ccc(-c4cnc(N5CCN6C(=O)NC[C@@H]6C5)nc4)cc3n21. The molecule has 3 aliphatic rings. The normalized spacial score (nSPS) is 21.1. The second kappa shape index (κ2) is 9.11. The molecule has 2 amide bonds. The molecule has 0 spiro atoms. The van der Waals surface area contributed by atoms with Crippen molar-refractivity contribution in [3.63, 3.8) is 0 Å². The molecule has 3 atom stereocenters. The van der Waals surface area contributed by atoms with Gasteiger partial charge in [-0.15, -0.1) is 0 Å². The van der Waals surface area contributed by atoms with Crippen molar-refractivity contribution in [2.24, 2.45) is 0 Å². The zero-order valence-corrected chi connectivity index (χ0v) is 21.5. The molecule has 0 bridgehead atoms. The molecular formula is C28H28FN7O3. The van der Waals surface area contributed by atoms with Gasteiger partial charge in [0.25, 0.3) is 5.56 Å². The van der Waals surface area contributed by atoms with Crippen LogP contribution in [0.1, 0.15) is 24.9 Å². The number of anilines is 1. The number of nitrogens with one attached hydrogen (secondary N) is 1. The van der Waals surface area contributed by atoms with Gasteiger partial charge < -0.3 is 19.9 Å². The molecule has 0 aliphatic carbocycles. The van der Waals surface area contributed by atoms with Crippen LogP contribution in [0.3, 0.4) is 0 Å². The Bertz CT molecular complexity index is 1630. The van der Waals surface area contributed by atoms with E-state index in [4.69, 9.17) is 4.74 Å². The van der Waals surface area contributed by atoms with E-state index in [2.05, 4.69) is 20.2 Å². The van der Waals surface area contributed by atoms with Crippen LogP contribution in [0.2, 0.25) is 0 Å². The summed E-state index contributed by atoms with van der Waals surface area (Å²) >= 11 is 0. The van der Waals surface area contributed by atoms with Crippen LogP contribution in [0.25, 0.3) is 22.0 Å². The molecular weight excluding hydrogens is 501 g/mol. The van der Waals surface area contributed by atoms with Crippen molar-refractivity contribution in [3.8, 4) is 16.9 Å². The quantitative estimate of drug-likeness (QED) is 0.427. The number of amides is 2. The highest BCUT2D eigenvalue weighted by Crippen LogP contribution is 2.37. The molecule has 39 heavy (non-hydrogen) atoms. The number of alkyl halides is 1. The zero-order valence-electron chi connectivity index (χ0n) is 21.5. The predicted octanol–water partition coefficient (Wildman–Crippen LogP) is 3.16. The molecule has 2 aromatic carbocycles. The second-order valence-electron chi connectivity index (χ2n) is 10.3. The summed E-state index contributed by atoms with van der Waals surface area (Å²) in [6.45, 7) is 4.59. The Labute approximate surface area is 223 Å². The molecule has 2 aromatic heterocycles. The number of hydrogen-bond donors (Lipinski definition) is 1. The lowest BCUT2D eigenvalue weighted by Crippen LogP contribution is -2.52. The van der Waals surface area contributed by atoms with Crippen LogP contribution in [-0.4, -0.2) is 68.8 Å². The molecule has 1 N–H and O–H groups in total. The Balaban J connectivity index is 1.21. The van der Waals surface area contributed by atoms with Gasteiger partial charge in [-0.05, 0) is 30.2 Å². The van der Waals surface area contributed by atoms with Gasteiger partial charge >= 0.3 is 6.03 Å². The minimum absolute atomic E-state index is 0.00204. The summed E-state index contributed by atoms with van der Waals surface area (Å²) in [6.07, 6.45) is 2.88. The van der Waals surface area contributed by atoms with E-state index < -0.39 is 6.36 Å². The van der Waals surface area contributed by atoms with E-state index >= 15 is 0 Å². The van der Waals surface area contributed by atoms with E-state index in [0.29, 0.717) is 56.2 Å². The molecule has 11 heteroatoms. The van der Waals surface area contributed by atoms with Crippen molar-refractivity contribution < 1.29 is 13.9 Å². The fourth-order valence-corrected chi connectivity index (χ4v) is 6.11. The van der Waals surface area contributed by atoms with Gasteiger partial charge in [-0.1, -0.05) is 24.3 Å². The van der Waals surface area contributed by atoms with Gasteiger partial charge in [0.2, 0.25) is 12.3 Å². The number of piperazine rings is 1. The standard InChI is InChI=1S/C28H28FN7O3/c1-17(29)39-25-5-3-2-4-21(25)23-8-9-35-26(37)22-7-6-18(12-24(22)36(23)35)19-13-30-27(31-14-19)33-10-11-34-20(16-33)15-32-28(34)38/h2-7,12-14,17,20,23H,8-11,15-16H2,1H3,(H,32,38)/t17?,20-,23+/m1/s1. The first-order valence-electron chi connectivity index (χ1n) is 13.2. The summed E-state index contributed by atoms with van der Waals surface area (Å²) in [5.41, 5.74) is 3.36. The lowest BCUT2D eigenvalue weighted by atomic mass is 10.0. The Kier molecular flexibility index (Phi) is 5.53. The number of fused-ring (bicyclic) bond motifs is 4. The van der Waals surface area contributed by atoms with Gasteiger partial charge in [0, 0.05) is 63.2 Å². The van der Waals surface area contributed by atoms with Crippen LogP contribution in [0, 0.1) is 0 Å². The molecule has 2 fully saturated rings. The van der Waals surface area contributed by atoms with Crippen molar-refractivity contribution in [2.45, 2.75) is 38.3 Å². The Morgan fingerprint density at radius 1 is 1.05 bits per heavy atom. The summed E-state index contributed by atoms with van der Waals surface area (Å²) in [7, 11) is 0. The average Bonchev–Trinajstić information content (AvgIpc) is 3.63. The summed E-state index contributed by atoms with van der Waals surface area (Å²) in [4.78, 5) is 38.4. The molecule has 10 nitrogen and oxygen atoms in total. The van der Waals surface area contributed by atoms with Gasteiger partial charge in [-0.25, -0.2) is 23.8 Å². The van der Waals surface area contributed by atoms with E-state index in [1.807, 2.05) is 46.0 Å². The van der Waals surface area contributed by atoms with Crippen LogP contribution in [-0.2, 0) is 6.54 Å². The van der Waals surface area contributed by atoms with Crippen molar-refractivity contribution in [1.82, 2.24) is 29.5 Å². The van der Waals surface area contributed by atoms with Gasteiger partial charge in [-0.2, -0.15) is 0 Å². The molecule has 4 aromatic rings. The number of benzene rings is 2. The monoisotopic (exact) mass is 529 g/mol. The number of aromatic nitrogens is 4. The topological polar surface area (TPSA) is 97.5 Å². The summed E-state index contributed by atoms with van der Waals surface area (Å²) in [5, 5.41) is 3.53. The zero-order chi connectivity index (χ0) is 26.7. The first kappa shape index (κ1) is 23.7. The Morgan fingerprint density at radius 2 is 1.87 bits per heavy atom. The average molecular weight is 530 g/mol. The van der Waals surface area contributed by atoms with Gasteiger partial charge in [-0.3, -0.25) is 9.48 Å². The maximum Gasteiger partial charge on any atom is 0.317 e. The maximum absolute atomic E-state index is 13.8. The van der Waals surface area contributed by atoms with E-state index in [-0.39, 0.29) is 23.7 Å². The number of carbonyl (C=O) groups excluding carboxylic acids is 1. The molecule has 2 saturated heterocycles. The molecule has 3 aliphatic heterocycles. The number of ether oxygens (including phenoxy) is 1. The highest BCUT2D eigenvalue weighted by Gasteiger charge is 2.36. The first-order chi connectivity index (χ1) is 19.0. The highest BCUT2D eigenvalue weighted by atomic mass is 19.1. The third kappa shape index (κ3) is 3.91. The highest BCUT2D eigenvalue weighted by molar-refractivity contribution is 5.85. The second-order valence-corrected chi connectivity index (χ2v) is 10.3. The number of urea groups is 1. The first-order valence-corrected chi connectivity index (χ1v) is 13.2. The van der Waals surface area contributed by atoms with Crippen molar-refractivity contribution in [3.05, 3.63) is 70.8 Å². The minimum atomic E-state index is -1.44. The van der Waals surface area contributed by atoms with Gasteiger partial charge in [0.05, 0.1) is 23.0 Å². The number of nitrogens with zero attached hydrogens (tertiary/aromatic N) is 6. The molecule has 0 radical (unpaired) electrons. The minimum Gasteiger partial charge on any atom is -0.460 e. The van der Waals surface area contributed by atoms with Crippen molar-refractivity contribution in [1.29, 1.82) is 0 Å². The molecule has 200 valence electrons. The van der Waals surface area contributed by atoms with E-state index in [1.165, 1.54) is 6.92 Å². The van der Waals surface area contributed by atoms with Gasteiger partial charge in [0.15, 0.2) is 0 Å². The summed E-state index contributed by atoms with van der Waals surface area (Å²) < 4.78 is 23.0. The lowest BCUT2D eigenvalue weighted by Gasteiger charge is -2.36. The van der Waals surface area contributed by atoms with Crippen molar-refractivity contribution >= 4 is 22.9 Å². The smallest absolute Gasteiger partial charge is 0.317 e. The Hall–Kier alpha value is -4.41. The number of rotatable bonds is 5. The van der Waals surface area contributed by atoms with Crippen LogP contribution < -0.4 is 20.5 Å². The predicted molar refractivity (Wildman–Crippen MR) is 144 cm³/mol. The molecule has 0 saturated carbocycles. The van der Waals surface area contributed by atoms with Crippen LogP contribution >= 0.6 is 0 Å². The third-order valence-corrected chi connectivity index (χ3v) is 7.93. The maximum atomic E-state index is 13.8. The van der Waals surface area contributed by atoms with Gasteiger partial charge in [0.1, 0.15) is 5.75 Å². The van der Waals surface area contributed by atoms with E-state index in [1.54, 1.807) is 23.1 Å².